The van der Waals surface area contributed by atoms with Crippen LogP contribution in [0.15, 0.2) is 23.5 Å². The van der Waals surface area contributed by atoms with Crippen molar-refractivity contribution in [2.75, 3.05) is 13.1 Å². The lowest BCUT2D eigenvalue weighted by molar-refractivity contribution is 0.582. The number of nitrogens with zero attached hydrogens (tertiary/aromatic N) is 2. The highest BCUT2D eigenvalue weighted by Crippen LogP contribution is 1.95. The van der Waals surface area contributed by atoms with E-state index < -0.39 is 0 Å². The van der Waals surface area contributed by atoms with Gasteiger partial charge in [-0.25, -0.2) is 4.79 Å². The van der Waals surface area contributed by atoms with Crippen LogP contribution in [0.2, 0.25) is 0 Å². The van der Waals surface area contributed by atoms with Crippen LogP contribution in [0.25, 0.3) is 0 Å². The third kappa shape index (κ3) is 3.32. The lowest BCUT2D eigenvalue weighted by Gasteiger charge is -2.09. The van der Waals surface area contributed by atoms with Crippen LogP contribution < -0.4 is 11.0 Å². The molecule has 1 rings (SSSR count). The zero-order valence-corrected chi connectivity index (χ0v) is 9.29. The molecule has 82 valence electrons. The largest absolute Gasteiger partial charge is 0.347 e. The normalized spacial score (nSPS) is 10.3. The molecular formula is C11H17N3O. The lowest BCUT2D eigenvalue weighted by atomic mass is 10.3. The number of aromatic nitrogens is 2. The van der Waals surface area contributed by atoms with E-state index in [0.29, 0.717) is 6.54 Å². The van der Waals surface area contributed by atoms with Crippen LogP contribution in [0.3, 0.4) is 0 Å². The first-order valence-corrected chi connectivity index (χ1v) is 5.02. The molecule has 0 amide bonds. The second-order valence-electron chi connectivity index (χ2n) is 3.47. The zero-order valence-electron chi connectivity index (χ0n) is 9.29. The van der Waals surface area contributed by atoms with Gasteiger partial charge in [0.25, 0.3) is 0 Å². The minimum atomic E-state index is -0.173. The highest BCUT2D eigenvalue weighted by atomic mass is 16.1. The molecule has 0 aliphatic carbocycles. The Hall–Kier alpha value is -1.42. The molecule has 0 atom stereocenters. The fourth-order valence-corrected chi connectivity index (χ4v) is 1.44. The zero-order chi connectivity index (χ0) is 11.3. The molecule has 1 heterocycles. The predicted molar refractivity (Wildman–Crippen MR) is 61.0 cm³/mol. The van der Waals surface area contributed by atoms with Gasteiger partial charge in [-0.1, -0.05) is 6.08 Å². The van der Waals surface area contributed by atoms with Gasteiger partial charge in [0.05, 0.1) is 0 Å². The molecule has 0 aliphatic heterocycles. The topological polar surface area (TPSA) is 46.9 Å². The molecule has 4 nitrogen and oxygen atoms in total. The minimum Gasteiger partial charge on any atom is -0.312 e. The average Bonchev–Trinajstić information content (AvgIpc) is 2.15. The Bertz CT molecular complexity index is 395. The molecule has 0 aromatic carbocycles. The molecule has 1 N–H and O–H groups in total. The summed E-state index contributed by atoms with van der Waals surface area (Å²) in [5.74, 6) is 0. The molecule has 0 radical (unpaired) electrons. The van der Waals surface area contributed by atoms with E-state index in [1.54, 1.807) is 10.6 Å². The summed E-state index contributed by atoms with van der Waals surface area (Å²) in [4.78, 5) is 15.4. The molecular weight excluding hydrogens is 190 g/mol. The molecule has 0 saturated carbocycles. The summed E-state index contributed by atoms with van der Waals surface area (Å²) in [7, 11) is 0. The minimum absolute atomic E-state index is 0.173. The van der Waals surface area contributed by atoms with Crippen LogP contribution >= 0.6 is 0 Å². The molecule has 4 heteroatoms. The van der Waals surface area contributed by atoms with E-state index in [0.717, 1.165) is 24.5 Å². The van der Waals surface area contributed by atoms with E-state index in [4.69, 9.17) is 0 Å². The maximum absolute atomic E-state index is 11.5. The Balaban J connectivity index is 2.68. The standard InChI is InChI=1S/C11H17N3O/c1-4-5-12-6-7-14-10(3)8-9(2)13-11(14)15/h4,8,12H,1,5-7H2,2-3H3. The third-order valence-electron chi connectivity index (χ3n) is 2.15. The molecule has 1 aromatic heterocycles. The first-order valence-electron chi connectivity index (χ1n) is 5.02. The van der Waals surface area contributed by atoms with Crippen LogP contribution in [0.1, 0.15) is 11.4 Å². The number of aryl methyl sites for hydroxylation is 2. The van der Waals surface area contributed by atoms with Crippen molar-refractivity contribution in [3.63, 3.8) is 0 Å². The van der Waals surface area contributed by atoms with Crippen LogP contribution in [-0.2, 0) is 6.54 Å². The molecule has 0 saturated heterocycles. The maximum atomic E-state index is 11.5. The van der Waals surface area contributed by atoms with Crippen molar-refractivity contribution in [2.45, 2.75) is 20.4 Å². The monoisotopic (exact) mass is 207 g/mol. The van der Waals surface area contributed by atoms with Crippen LogP contribution in [0.5, 0.6) is 0 Å². The van der Waals surface area contributed by atoms with Crippen molar-refractivity contribution in [3.05, 3.63) is 40.6 Å². The maximum Gasteiger partial charge on any atom is 0.347 e. The van der Waals surface area contributed by atoms with Gasteiger partial charge < -0.3 is 5.32 Å². The summed E-state index contributed by atoms with van der Waals surface area (Å²) >= 11 is 0. The highest BCUT2D eigenvalue weighted by molar-refractivity contribution is 5.06. The quantitative estimate of drug-likeness (QED) is 0.569. The van der Waals surface area contributed by atoms with Gasteiger partial charge in [0.15, 0.2) is 0 Å². The van der Waals surface area contributed by atoms with Crippen molar-refractivity contribution in [1.82, 2.24) is 14.9 Å². The Labute approximate surface area is 89.7 Å². The fraction of sp³-hybridized carbons (Fsp3) is 0.455. The van der Waals surface area contributed by atoms with Crippen LogP contribution in [0.4, 0.5) is 0 Å². The van der Waals surface area contributed by atoms with E-state index in [1.807, 2.05) is 19.9 Å². The summed E-state index contributed by atoms with van der Waals surface area (Å²) in [6, 6.07) is 1.91. The van der Waals surface area contributed by atoms with Crippen molar-refractivity contribution in [1.29, 1.82) is 0 Å². The summed E-state index contributed by atoms with van der Waals surface area (Å²) in [6.45, 7) is 9.51. The summed E-state index contributed by atoms with van der Waals surface area (Å²) in [5, 5.41) is 3.15. The number of rotatable bonds is 5. The molecule has 0 bridgehead atoms. The summed E-state index contributed by atoms with van der Waals surface area (Å²) in [6.07, 6.45) is 1.79. The summed E-state index contributed by atoms with van der Waals surface area (Å²) in [5.41, 5.74) is 1.55. The van der Waals surface area contributed by atoms with E-state index in [9.17, 15) is 4.79 Å². The molecule has 0 aliphatic rings. The van der Waals surface area contributed by atoms with Gasteiger partial charge in [-0.3, -0.25) is 4.57 Å². The van der Waals surface area contributed by atoms with Gasteiger partial charge in [0.1, 0.15) is 0 Å². The lowest BCUT2D eigenvalue weighted by Crippen LogP contribution is -2.30. The van der Waals surface area contributed by atoms with E-state index >= 15 is 0 Å². The van der Waals surface area contributed by atoms with Crippen LogP contribution in [0, 0.1) is 13.8 Å². The Kier molecular flexibility index (Phi) is 4.24. The summed E-state index contributed by atoms with van der Waals surface area (Å²) < 4.78 is 1.67. The second kappa shape index (κ2) is 5.46. The predicted octanol–water partition coefficient (Wildman–Crippen LogP) is 0.636. The van der Waals surface area contributed by atoms with Crippen molar-refractivity contribution >= 4 is 0 Å². The Morgan fingerprint density at radius 3 is 2.93 bits per heavy atom. The van der Waals surface area contributed by atoms with Gasteiger partial charge in [-0.2, -0.15) is 4.98 Å². The van der Waals surface area contributed by atoms with Crippen molar-refractivity contribution < 1.29 is 0 Å². The average molecular weight is 207 g/mol. The van der Waals surface area contributed by atoms with Crippen LogP contribution in [-0.4, -0.2) is 22.6 Å². The molecule has 1 aromatic rings. The third-order valence-corrected chi connectivity index (χ3v) is 2.15. The van der Waals surface area contributed by atoms with E-state index in [2.05, 4.69) is 16.9 Å². The number of nitrogens with one attached hydrogen (secondary N) is 1. The van der Waals surface area contributed by atoms with Crippen molar-refractivity contribution in [3.8, 4) is 0 Å². The first-order chi connectivity index (χ1) is 7.15. The molecule has 0 fully saturated rings. The SMILES string of the molecule is C=CCNCCn1c(C)cc(C)nc1=O. The Morgan fingerprint density at radius 1 is 1.60 bits per heavy atom. The Morgan fingerprint density at radius 2 is 2.33 bits per heavy atom. The van der Waals surface area contributed by atoms with Gasteiger partial charge in [0.2, 0.25) is 0 Å². The molecule has 0 unspecified atom stereocenters. The molecule has 15 heavy (non-hydrogen) atoms. The van der Waals surface area contributed by atoms with E-state index in [1.165, 1.54) is 0 Å². The fourth-order valence-electron chi connectivity index (χ4n) is 1.44. The van der Waals surface area contributed by atoms with Gasteiger partial charge >= 0.3 is 5.69 Å². The van der Waals surface area contributed by atoms with Gasteiger partial charge in [0, 0.05) is 31.0 Å². The smallest absolute Gasteiger partial charge is 0.312 e. The first kappa shape index (κ1) is 11.7. The van der Waals surface area contributed by atoms with Gasteiger partial charge in [-0.15, -0.1) is 6.58 Å². The van der Waals surface area contributed by atoms with Gasteiger partial charge in [-0.05, 0) is 19.9 Å². The number of hydrogen-bond donors (Lipinski definition) is 1. The number of hydrogen-bond acceptors (Lipinski definition) is 3. The highest BCUT2D eigenvalue weighted by Gasteiger charge is 2.01. The van der Waals surface area contributed by atoms with E-state index in [-0.39, 0.29) is 5.69 Å². The molecule has 0 spiro atoms. The second-order valence-corrected chi connectivity index (χ2v) is 3.47. The van der Waals surface area contributed by atoms with Crippen molar-refractivity contribution in [2.24, 2.45) is 0 Å².